The van der Waals surface area contributed by atoms with Crippen LogP contribution in [0.3, 0.4) is 0 Å². The number of ether oxygens (including phenoxy) is 1. The number of hydrogen-bond donors (Lipinski definition) is 1. The van der Waals surface area contributed by atoms with Gasteiger partial charge in [0.1, 0.15) is 0 Å². The van der Waals surface area contributed by atoms with Crippen molar-refractivity contribution in [2.24, 2.45) is 5.92 Å². The summed E-state index contributed by atoms with van der Waals surface area (Å²) in [5.41, 5.74) is 1.14. The number of halogens is 1. The Morgan fingerprint density at radius 1 is 1.50 bits per heavy atom. The Hall–Kier alpha value is -0.780. The van der Waals surface area contributed by atoms with Gasteiger partial charge < -0.3 is 19.6 Å². The first-order valence-corrected chi connectivity index (χ1v) is 7.71. The molecule has 112 valence electrons. The van der Waals surface area contributed by atoms with Gasteiger partial charge in [0.25, 0.3) is 0 Å². The molecule has 20 heavy (non-hydrogen) atoms. The van der Waals surface area contributed by atoms with Crippen LogP contribution in [0.15, 0.2) is 16.6 Å². The van der Waals surface area contributed by atoms with E-state index in [1.54, 1.807) is 7.11 Å². The van der Waals surface area contributed by atoms with Gasteiger partial charge >= 0.3 is 0 Å². The molecule has 0 spiro atoms. The first kappa shape index (κ1) is 15.6. The van der Waals surface area contributed by atoms with Crippen LogP contribution < -0.4 is 4.74 Å². The zero-order valence-electron chi connectivity index (χ0n) is 12.4. The van der Waals surface area contributed by atoms with Crippen molar-refractivity contribution < 1.29 is 9.84 Å². The smallest absolute Gasteiger partial charge is 0.172 e. The van der Waals surface area contributed by atoms with Crippen LogP contribution in [0, 0.1) is 5.92 Å². The Morgan fingerprint density at radius 3 is 2.85 bits per heavy atom. The summed E-state index contributed by atoms with van der Waals surface area (Å²) >= 11 is 3.37. The highest BCUT2D eigenvalue weighted by Gasteiger charge is 2.21. The molecule has 1 fully saturated rings. The number of rotatable bonds is 5. The lowest BCUT2D eigenvalue weighted by Gasteiger charge is -2.21. The van der Waals surface area contributed by atoms with E-state index in [4.69, 9.17) is 4.74 Å². The molecule has 1 N–H and O–H groups in total. The lowest BCUT2D eigenvalue weighted by molar-refractivity contribution is 0.266. The Bertz CT molecular complexity index is 467. The minimum absolute atomic E-state index is 0.163. The zero-order chi connectivity index (χ0) is 14.7. The Morgan fingerprint density at radius 2 is 2.25 bits per heavy atom. The molecule has 1 aromatic rings. The van der Waals surface area contributed by atoms with Crippen LogP contribution >= 0.6 is 15.9 Å². The number of methoxy groups -OCH3 is 1. The number of benzene rings is 1. The molecule has 0 amide bonds. The summed E-state index contributed by atoms with van der Waals surface area (Å²) < 4.78 is 5.87. The van der Waals surface area contributed by atoms with Crippen molar-refractivity contribution in [1.82, 2.24) is 9.80 Å². The van der Waals surface area contributed by atoms with Crippen LogP contribution in [0.2, 0.25) is 0 Å². The molecule has 2 rings (SSSR count). The number of phenolic OH excluding ortho intramolecular Hbond substituents is 1. The largest absolute Gasteiger partial charge is 0.503 e. The van der Waals surface area contributed by atoms with E-state index in [9.17, 15) is 5.11 Å². The second-order valence-electron chi connectivity index (χ2n) is 5.74. The Kier molecular flexibility index (Phi) is 5.29. The van der Waals surface area contributed by atoms with E-state index in [1.165, 1.54) is 19.5 Å². The molecule has 1 aromatic carbocycles. The van der Waals surface area contributed by atoms with Gasteiger partial charge in [-0.3, -0.25) is 0 Å². The van der Waals surface area contributed by atoms with Crippen LogP contribution in [0.4, 0.5) is 0 Å². The third-order valence-electron chi connectivity index (χ3n) is 3.82. The van der Waals surface area contributed by atoms with E-state index in [0.29, 0.717) is 10.2 Å². The number of nitrogens with zero attached hydrogens (tertiary/aromatic N) is 2. The predicted molar refractivity (Wildman–Crippen MR) is 84.3 cm³/mol. The summed E-state index contributed by atoms with van der Waals surface area (Å²) in [7, 11) is 5.90. The van der Waals surface area contributed by atoms with Crippen LogP contribution in [-0.2, 0) is 6.54 Å². The summed E-state index contributed by atoms with van der Waals surface area (Å²) in [6, 6.07) is 3.85. The molecule has 1 aliphatic heterocycles. The first-order valence-electron chi connectivity index (χ1n) is 6.92. The molecule has 4 nitrogen and oxygen atoms in total. The standard InChI is InChI=1S/C15H23BrN2O2/c1-17-5-4-11(8-17)9-18(2)10-12-6-13(16)15(19)14(7-12)20-3/h6-7,11,19H,4-5,8-10H2,1-3H3. The van der Waals surface area contributed by atoms with Crippen molar-refractivity contribution in [2.45, 2.75) is 13.0 Å². The lowest BCUT2D eigenvalue weighted by Crippen LogP contribution is -2.27. The van der Waals surface area contributed by atoms with Crippen molar-refractivity contribution in [3.63, 3.8) is 0 Å². The summed E-state index contributed by atoms with van der Waals surface area (Å²) in [5.74, 6) is 1.44. The summed E-state index contributed by atoms with van der Waals surface area (Å²) in [6.45, 7) is 4.35. The Labute approximate surface area is 129 Å². The predicted octanol–water partition coefficient (Wildman–Crippen LogP) is 2.55. The maximum atomic E-state index is 9.82. The third-order valence-corrected chi connectivity index (χ3v) is 4.42. The quantitative estimate of drug-likeness (QED) is 0.891. The minimum Gasteiger partial charge on any atom is -0.503 e. The molecule has 1 saturated heterocycles. The summed E-state index contributed by atoms with van der Waals surface area (Å²) in [5, 5.41) is 9.82. The minimum atomic E-state index is 0.163. The highest BCUT2D eigenvalue weighted by Crippen LogP contribution is 2.35. The molecule has 0 saturated carbocycles. The highest BCUT2D eigenvalue weighted by atomic mass is 79.9. The zero-order valence-corrected chi connectivity index (χ0v) is 14.0. The van der Waals surface area contributed by atoms with E-state index in [-0.39, 0.29) is 5.75 Å². The number of hydrogen-bond acceptors (Lipinski definition) is 4. The third kappa shape index (κ3) is 3.87. The molecule has 0 aromatic heterocycles. The average Bonchev–Trinajstić information content (AvgIpc) is 2.78. The van der Waals surface area contributed by atoms with Gasteiger partial charge in [0.15, 0.2) is 11.5 Å². The topological polar surface area (TPSA) is 35.9 Å². The van der Waals surface area contributed by atoms with Crippen LogP contribution in [0.5, 0.6) is 11.5 Å². The van der Waals surface area contributed by atoms with E-state index < -0.39 is 0 Å². The SMILES string of the molecule is COc1cc(CN(C)CC2CCN(C)C2)cc(Br)c1O. The number of likely N-dealkylation sites (tertiary alicyclic amines) is 1. The van der Waals surface area contributed by atoms with Gasteiger partial charge in [-0.1, -0.05) is 0 Å². The molecule has 1 heterocycles. The van der Waals surface area contributed by atoms with Gasteiger partial charge in [-0.25, -0.2) is 0 Å². The molecular weight excluding hydrogens is 320 g/mol. The molecule has 0 bridgehead atoms. The van der Waals surface area contributed by atoms with Gasteiger partial charge in [0.2, 0.25) is 0 Å². The first-order chi connectivity index (χ1) is 9.49. The van der Waals surface area contributed by atoms with Crippen molar-refractivity contribution in [2.75, 3.05) is 40.8 Å². The van der Waals surface area contributed by atoms with Gasteiger partial charge in [-0.05, 0) is 66.6 Å². The number of phenols is 1. The van der Waals surface area contributed by atoms with Gasteiger partial charge in [-0.15, -0.1) is 0 Å². The molecule has 0 aliphatic carbocycles. The lowest BCUT2D eigenvalue weighted by atomic mass is 10.1. The fourth-order valence-corrected chi connectivity index (χ4v) is 3.36. The van der Waals surface area contributed by atoms with Crippen molar-refractivity contribution in [3.05, 3.63) is 22.2 Å². The Balaban J connectivity index is 1.97. The van der Waals surface area contributed by atoms with Gasteiger partial charge in [0, 0.05) is 19.6 Å². The summed E-state index contributed by atoms with van der Waals surface area (Å²) in [6.07, 6.45) is 1.28. The fraction of sp³-hybridized carbons (Fsp3) is 0.600. The van der Waals surface area contributed by atoms with Crippen LogP contribution in [-0.4, -0.2) is 55.7 Å². The maximum absolute atomic E-state index is 9.82. The monoisotopic (exact) mass is 342 g/mol. The van der Waals surface area contributed by atoms with E-state index >= 15 is 0 Å². The molecule has 1 unspecified atom stereocenters. The normalized spacial score (nSPS) is 19.8. The average molecular weight is 343 g/mol. The van der Waals surface area contributed by atoms with E-state index in [0.717, 1.165) is 24.6 Å². The molecule has 0 radical (unpaired) electrons. The van der Waals surface area contributed by atoms with Crippen molar-refractivity contribution in [1.29, 1.82) is 0 Å². The maximum Gasteiger partial charge on any atom is 0.172 e. The van der Waals surface area contributed by atoms with Crippen LogP contribution in [0.1, 0.15) is 12.0 Å². The second kappa shape index (κ2) is 6.78. The fourth-order valence-electron chi connectivity index (χ4n) is 2.87. The molecular formula is C15H23BrN2O2. The van der Waals surface area contributed by atoms with Crippen LogP contribution in [0.25, 0.3) is 0 Å². The van der Waals surface area contributed by atoms with Gasteiger partial charge in [0.05, 0.1) is 11.6 Å². The number of aromatic hydroxyl groups is 1. The van der Waals surface area contributed by atoms with Gasteiger partial charge in [-0.2, -0.15) is 0 Å². The molecule has 1 aliphatic rings. The van der Waals surface area contributed by atoms with Crippen molar-refractivity contribution >= 4 is 15.9 Å². The molecule has 5 heteroatoms. The second-order valence-corrected chi connectivity index (χ2v) is 6.60. The van der Waals surface area contributed by atoms with E-state index in [1.807, 2.05) is 12.1 Å². The highest BCUT2D eigenvalue weighted by molar-refractivity contribution is 9.10. The summed E-state index contributed by atoms with van der Waals surface area (Å²) in [4.78, 5) is 4.72. The van der Waals surface area contributed by atoms with Crippen molar-refractivity contribution in [3.8, 4) is 11.5 Å². The van der Waals surface area contributed by atoms with E-state index in [2.05, 4.69) is 39.8 Å². The molecule has 1 atom stereocenters.